The molecule has 0 aliphatic heterocycles. The van der Waals surface area contributed by atoms with Gasteiger partial charge in [-0.05, 0) is 36.8 Å². The Labute approximate surface area is 94.5 Å². The highest BCUT2D eigenvalue weighted by Crippen LogP contribution is 2.51. The Morgan fingerprint density at radius 1 is 1.19 bits per heavy atom. The Balaban J connectivity index is 2.08. The first kappa shape index (κ1) is 8.57. The highest BCUT2D eigenvalue weighted by Gasteiger charge is 2.39. The highest BCUT2D eigenvalue weighted by molar-refractivity contribution is 5.92. The van der Waals surface area contributed by atoms with E-state index in [1.807, 2.05) is 12.1 Å². The first-order valence-corrected chi connectivity index (χ1v) is 6.00. The summed E-state index contributed by atoms with van der Waals surface area (Å²) in [5.74, 6) is 1.57. The maximum atomic E-state index is 6.28. The Hall–Kier alpha value is -1.57. The molecule has 3 aliphatic carbocycles. The van der Waals surface area contributed by atoms with Crippen LogP contribution in [0.25, 0.3) is 10.9 Å². The van der Waals surface area contributed by atoms with E-state index in [4.69, 9.17) is 10.7 Å². The van der Waals surface area contributed by atoms with Gasteiger partial charge < -0.3 is 5.73 Å². The zero-order valence-electron chi connectivity index (χ0n) is 9.11. The molecule has 2 nitrogen and oxygen atoms in total. The van der Waals surface area contributed by atoms with Crippen molar-refractivity contribution in [2.75, 3.05) is 5.73 Å². The van der Waals surface area contributed by atoms with E-state index in [-0.39, 0.29) is 0 Å². The standard InChI is InChI=1S/C14H14N2/c15-13-10-3-1-2-4-12(10)16-14-9-5-8(6-9)7-11(13)14/h1-4,8-9H,5-7H2,(H2,15,16). The van der Waals surface area contributed by atoms with E-state index in [0.717, 1.165) is 28.9 Å². The summed E-state index contributed by atoms with van der Waals surface area (Å²) in [6, 6.07) is 8.22. The maximum absolute atomic E-state index is 6.28. The van der Waals surface area contributed by atoms with Crippen LogP contribution in [0, 0.1) is 5.92 Å². The van der Waals surface area contributed by atoms with Gasteiger partial charge in [0, 0.05) is 22.7 Å². The van der Waals surface area contributed by atoms with E-state index in [0.29, 0.717) is 5.92 Å². The quantitative estimate of drug-likeness (QED) is 0.726. The van der Waals surface area contributed by atoms with Gasteiger partial charge in [-0.25, -0.2) is 0 Å². The van der Waals surface area contributed by atoms with Crippen LogP contribution in [0.15, 0.2) is 24.3 Å². The molecule has 80 valence electrons. The molecule has 16 heavy (non-hydrogen) atoms. The summed E-state index contributed by atoms with van der Waals surface area (Å²) < 4.78 is 0. The van der Waals surface area contributed by atoms with Gasteiger partial charge in [-0.2, -0.15) is 0 Å². The summed E-state index contributed by atoms with van der Waals surface area (Å²) in [6.07, 6.45) is 3.81. The third kappa shape index (κ3) is 0.946. The fraction of sp³-hybridized carbons (Fsp3) is 0.357. The number of rotatable bonds is 0. The molecule has 0 saturated heterocycles. The summed E-state index contributed by atoms with van der Waals surface area (Å²) >= 11 is 0. The van der Waals surface area contributed by atoms with Gasteiger partial charge >= 0.3 is 0 Å². The van der Waals surface area contributed by atoms with Gasteiger partial charge in [-0.1, -0.05) is 18.2 Å². The first-order valence-electron chi connectivity index (χ1n) is 6.00. The summed E-state index contributed by atoms with van der Waals surface area (Å²) in [5.41, 5.74) is 11.0. The normalized spacial score (nSPS) is 26.2. The van der Waals surface area contributed by atoms with Crippen molar-refractivity contribution in [3.8, 4) is 0 Å². The van der Waals surface area contributed by atoms with Gasteiger partial charge in [0.05, 0.1) is 5.52 Å². The number of pyridine rings is 1. The highest BCUT2D eigenvalue weighted by atomic mass is 14.8. The Morgan fingerprint density at radius 2 is 2.00 bits per heavy atom. The van der Waals surface area contributed by atoms with Crippen LogP contribution in [0.4, 0.5) is 5.69 Å². The lowest BCUT2D eigenvalue weighted by atomic mass is 9.64. The smallest absolute Gasteiger partial charge is 0.0726 e. The van der Waals surface area contributed by atoms with Crippen LogP contribution in [-0.4, -0.2) is 4.98 Å². The molecule has 2 bridgehead atoms. The number of hydrogen-bond acceptors (Lipinski definition) is 2. The third-order valence-electron chi connectivity index (χ3n) is 4.18. The van der Waals surface area contributed by atoms with E-state index >= 15 is 0 Å². The predicted octanol–water partition coefficient (Wildman–Crippen LogP) is 2.87. The second-order valence-corrected chi connectivity index (χ2v) is 5.14. The second-order valence-electron chi connectivity index (χ2n) is 5.14. The van der Waals surface area contributed by atoms with Crippen molar-refractivity contribution in [3.05, 3.63) is 35.5 Å². The molecular formula is C14H14N2. The van der Waals surface area contributed by atoms with Crippen LogP contribution in [-0.2, 0) is 6.42 Å². The van der Waals surface area contributed by atoms with Crippen molar-refractivity contribution in [2.45, 2.75) is 25.2 Å². The molecule has 3 aliphatic rings. The van der Waals surface area contributed by atoms with Crippen molar-refractivity contribution in [2.24, 2.45) is 5.92 Å². The lowest BCUT2D eigenvalue weighted by Gasteiger charge is -2.42. The van der Waals surface area contributed by atoms with Gasteiger partial charge in [0.25, 0.3) is 0 Å². The van der Waals surface area contributed by atoms with Crippen LogP contribution < -0.4 is 5.73 Å². The van der Waals surface area contributed by atoms with E-state index in [2.05, 4.69) is 12.1 Å². The molecule has 0 unspecified atom stereocenters. The molecule has 0 amide bonds. The largest absolute Gasteiger partial charge is 0.398 e. The van der Waals surface area contributed by atoms with E-state index in [1.165, 1.54) is 24.1 Å². The average molecular weight is 210 g/mol. The van der Waals surface area contributed by atoms with Crippen molar-refractivity contribution in [3.63, 3.8) is 0 Å². The molecule has 1 saturated carbocycles. The van der Waals surface area contributed by atoms with Crippen molar-refractivity contribution in [1.29, 1.82) is 0 Å². The van der Waals surface area contributed by atoms with Crippen LogP contribution in [0.3, 0.4) is 0 Å². The maximum Gasteiger partial charge on any atom is 0.0726 e. The van der Waals surface area contributed by atoms with Gasteiger partial charge in [-0.15, -0.1) is 0 Å². The minimum absolute atomic E-state index is 0.695. The minimum Gasteiger partial charge on any atom is -0.398 e. The number of anilines is 1. The van der Waals surface area contributed by atoms with Crippen LogP contribution in [0.2, 0.25) is 0 Å². The Bertz CT molecular complexity index is 583. The third-order valence-corrected chi connectivity index (χ3v) is 4.18. The summed E-state index contributed by atoms with van der Waals surface area (Å²) in [5, 5.41) is 1.13. The van der Waals surface area contributed by atoms with Crippen molar-refractivity contribution < 1.29 is 0 Å². The monoisotopic (exact) mass is 210 g/mol. The number of benzene rings is 1. The number of para-hydroxylation sites is 1. The zero-order valence-corrected chi connectivity index (χ0v) is 9.11. The van der Waals surface area contributed by atoms with Crippen LogP contribution in [0.5, 0.6) is 0 Å². The van der Waals surface area contributed by atoms with Crippen LogP contribution in [0.1, 0.15) is 30.0 Å². The molecule has 2 heteroatoms. The molecular weight excluding hydrogens is 196 g/mol. The number of nitrogens with two attached hydrogens (primary N) is 1. The number of aromatic nitrogens is 1. The molecule has 0 spiro atoms. The average Bonchev–Trinajstić information content (AvgIpc) is 2.27. The number of hydrogen-bond donors (Lipinski definition) is 1. The Kier molecular flexibility index (Phi) is 1.48. The zero-order chi connectivity index (χ0) is 10.7. The second kappa shape index (κ2) is 2.76. The molecule has 0 atom stereocenters. The van der Waals surface area contributed by atoms with E-state index < -0.39 is 0 Å². The molecule has 1 aromatic heterocycles. The van der Waals surface area contributed by atoms with Gasteiger partial charge in [-0.3, -0.25) is 4.98 Å². The van der Waals surface area contributed by atoms with Gasteiger partial charge in [0.15, 0.2) is 0 Å². The molecule has 1 aromatic carbocycles. The van der Waals surface area contributed by atoms with E-state index in [1.54, 1.807) is 0 Å². The van der Waals surface area contributed by atoms with E-state index in [9.17, 15) is 0 Å². The molecule has 1 heterocycles. The summed E-state index contributed by atoms with van der Waals surface area (Å²) in [7, 11) is 0. The molecule has 0 radical (unpaired) electrons. The number of nitrogens with zero attached hydrogens (tertiary/aromatic N) is 1. The molecule has 2 N–H and O–H groups in total. The minimum atomic E-state index is 0.695. The summed E-state index contributed by atoms with van der Waals surface area (Å²) in [6.45, 7) is 0. The molecule has 2 aromatic rings. The fourth-order valence-corrected chi connectivity index (χ4v) is 3.26. The fourth-order valence-electron chi connectivity index (χ4n) is 3.26. The summed E-state index contributed by atoms with van der Waals surface area (Å²) in [4.78, 5) is 4.82. The number of fused-ring (bicyclic) bond motifs is 1. The van der Waals surface area contributed by atoms with Crippen molar-refractivity contribution >= 4 is 16.6 Å². The topological polar surface area (TPSA) is 38.9 Å². The Morgan fingerprint density at radius 3 is 2.88 bits per heavy atom. The van der Waals surface area contributed by atoms with Crippen LogP contribution >= 0.6 is 0 Å². The SMILES string of the molecule is Nc1c2c(nc3ccccc13)C1CC(C2)C1. The number of nitrogen functional groups attached to an aromatic ring is 1. The van der Waals surface area contributed by atoms with Gasteiger partial charge in [0.2, 0.25) is 0 Å². The first-order chi connectivity index (χ1) is 7.83. The lowest BCUT2D eigenvalue weighted by molar-refractivity contribution is 0.233. The predicted molar refractivity (Wildman–Crippen MR) is 65.3 cm³/mol. The molecule has 1 fully saturated rings. The van der Waals surface area contributed by atoms with Gasteiger partial charge in [0.1, 0.15) is 0 Å². The molecule has 5 rings (SSSR count). The lowest BCUT2D eigenvalue weighted by Crippen LogP contribution is -2.32. The van der Waals surface area contributed by atoms with Crippen molar-refractivity contribution in [1.82, 2.24) is 4.98 Å².